The normalized spacial score (nSPS) is 45.2. The fourth-order valence-corrected chi connectivity index (χ4v) is 5.75. The fourth-order valence-electron chi connectivity index (χ4n) is 4.44. The predicted molar refractivity (Wildman–Crippen MR) is 76.3 cm³/mol. The van der Waals surface area contributed by atoms with Crippen LogP contribution in [0, 0.1) is 23.7 Å². The summed E-state index contributed by atoms with van der Waals surface area (Å²) in [6.07, 6.45) is 7.79. The molecule has 2 saturated carbocycles. The molecule has 2 aliphatic carbocycles. The Labute approximate surface area is 118 Å². The van der Waals surface area contributed by atoms with Crippen molar-refractivity contribution in [2.75, 3.05) is 13.2 Å². The Kier molecular flexibility index (Phi) is 3.19. The zero-order valence-electron chi connectivity index (χ0n) is 11.2. The molecule has 1 saturated heterocycles. The zero-order chi connectivity index (χ0) is 12.8. The van der Waals surface area contributed by atoms with Crippen molar-refractivity contribution in [3.63, 3.8) is 0 Å². The molecule has 0 spiro atoms. The van der Waals surface area contributed by atoms with Gasteiger partial charge in [-0.1, -0.05) is 18.2 Å². The molecule has 0 aromatic carbocycles. The van der Waals surface area contributed by atoms with Gasteiger partial charge >= 0.3 is 0 Å². The number of carbonyl (C=O) groups excluding carboxylic acids is 1. The maximum Gasteiger partial charge on any atom is 0.260 e. The number of hydrogen-bond acceptors (Lipinski definition) is 3. The van der Waals surface area contributed by atoms with E-state index in [2.05, 4.69) is 4.99 Å². The van der Waals surface area contributed by atoms with Gasteiger partial charge in [0.1, 0.15) is 0 Å². The quantitative estimate of drug-likeness (QED) is 0.797. The highest BCUT2D eigenvalue weighted by Gasteiger charge is 2.42. The lowest BCUT2D eigenvalue weighted by Crippen LogP contribution is -2.22. The molecule has 3 fully saturated rings. The van der Waals surface area contributed by atoms with E-state index in [0.717, 1.165) is 48.9 Å². The number of amides is 1. The summed E-state index contributed by atoms with van der Waals surface area (Å²) in [7, 11) is 0. The van der Waals surface area contributed by atoms with Crippen LogP contribution in [0.3, 0.4) is 0 Å². The second-order valence-electron chi connectivity index (χ2n) is 6.64. The van der Waals surface area contributed by atoms with Gasteiger partial charge in [0.2, 0.25) is 0 Å². The first-order valence-electron chi connectivity index (χ1n) is 7.65. The van der Waals surface area contributed by atoms with Crippen molar-refractivity contribution >= 4 is 22.7 Å². The molecule has 4 heteroatoms. The topological polar surface area (TPSA) is 38.7 Å². The van der Waals surface area contributed by atoms with Crippen molar-refractivity contribution in [3.05, 3.63) is 0 Å². The molecule has 0 N–H and O–H groups in total. The number of aliphatic imine (C=N–C) groups is 1. The summed E-state index contributed by atoms with van der Waals surface area (Å²) in [6.45, 7) is 1.57. The molecule has 104 valence electrons. The van der Waals surface area contributed by atoms with Gasteiger partial charge in [-0.3, -0.25) is 4.79 Å². The second kappa shape index (κ2) is 4.88. The van der Waals surface area contributed by atoms with Crippen LogP contribution in [0.15, 0.2) is 4.99 Å². The number of thioether (sulfide) groups is 1. The summed E-state index contributed by atoms with van der Waals surface area (Å²) in [5.41, 5.74) is 0. The van der Waals surface area contributed by atoms with E-state index < -0.39 is 0 Å². The average molecular weight is 279 g/mol. The van der Waals surface area contributed by atoms with Crippen LogP contribution in [0.5, 0.6) is 0 Å². The minimum atomic E-state index is 0.0658. The van der Waals surface area contributed by atoms with Gasteiger partial charge in [-0.05, 0) is 49.9 Å². The summed E-state index contributed by atoms with van der Waals surface area (Å²) >= 11 is 1.75. The highest BCUT2D eigenvalue weighted by molar-refractivity contribution is 8.15. The highest BCUT2D eigenvalue weighted by Crippen LogP contribution is 2.50. The van der Waals surface area contributed by atoms with Crippen LogP contribution < -0.4 is 0 Å². The second-order valence-corrected chi connectivity index (χ2v) is 7.86. The molecule has 0 radical (unpaired) electrons. The van der Waals surface area contributed by atoms with E-state index in [0.29, 0.717) is 5.92 Å². The molecule has 4 rings (SSSR count). The highest BCUT2D eigenvalue weighted by atomic mass is 32.2. The summed E-state index contributed by atoms with van der Waals surface area (Å²) in [5, 5.41) is 1.19. The third kappa shape index (κ3) is 2.27. The van der Waals surface area contributed by atoms with Gasteiger partial charge in [-0.25, -0.2) is 4.99 Å². The molecule has 0 aromatic heterocycles. The summed E-state index contributed by atoms with van der Waals surface area (Å²) in [5.74, 6) is 3.24. The number of nitrogens with zero attached hydrogens (tertiary/aromatic N) is 1. The van der Waals surface area contributed by atoms with Gasteiger partial charge in [-0.15, -0.1) is 0 Å². The Morgan fingerprint density at radius 3 is 2.84 bits per heavy atom. The first-order valence-corrected chi connectivity index (χ1v) is 8.53. The molecular formula is C15H21NO2S. The van der Waals surface area contributed by atoms with Crippen LogP contribution in [0.1, 0.15) is 38.5 Å². The first-order chi connectivity index (χ1) is 9.29. The van der Waals surface area contributed by atoms with E-state index in [-0.39, 0.29) is 11.2 Å². The lowest BCUT2D eigenvalue weighted by Gasteiger charge is -2.21. The zero-order valence-corrected chi connectivity index (χ0v) is 12.0. The maximum atomic E-state index is 12.0. The minimum absolute atomic E-state index is 0.0658. The molecule has 2 aliphatic heterocycles. The van der Waals surface area contributed by atoms with E-state index in [1.807, 2.05) is 0 Å². The standard InChI is InChI=1S/C15H21NO2S/c17-15-14(11-3-4-18-8-11)19-13(16-15)7-12-6-9-1-2-10(12)5-9/h9-12,14H,1-8H2/t9-,10+,11+,12-,14?/m1/s1. The predicted octanol–water partition coefficient (Wildman–Crippen LogP) is 2.89. The monoisotopic (exact) mass is 279 g/mol. The van der Waals surface area contributed by atoms with Gasteiger partial charge in [0.15, 0.2) is 0 Å². The van der Waals surface area contributed by atoms with Crippen LogP contribution in [-0.4, -0.2) is 29.4 Å². The van der Waals surface area contributed by atoms with Gasteiger partial charge < -0.3 is 4.74 Å². The molecule has 3 nitrogen and oxygen atoms in total. The molecular weight excluding hydrogens is 258 g/mol. The van der Waals surface area contributed by atoms with Gasteiger partial charge in [-0.2, -0.15) is 0 Å². The van der Waals surface area contributed by atoms with Crippen LogP contribution >= 0.6 is 11.8 Å². The number of carbonyl (C=O) groups is 1. The van der Waals surface area contributed by atoms with E-state index in [1.54, 1.807) is 11.8 Å². The van der Waals surface area contributed by atoms with Gasteiger partial charge in [0.05, 0.1) is 16.9 Å². The van der Waals surface area contributed by atoms with E-state index in [1.165, 1.54) is 25.7 Å². The van der Waals surface area contributed by atoms with Crippen LogP contribution in [0.2, 0.25) is 0 Å². The van der Waals surface area contributed by atoms with Crippen molar-refractivity contribution in [2.45, 2.75) is 43.8 Å². The van der Waals surface area contributed by atoms with Crippen molar-refractivity contribution in [3.8, 4) is 0 Å². The Bertz CT molecular complexity index is 416. The summed E-state index contributed by atoms with van der Waals surface area (Å²) < 4.78 is 5.41. The third-order valence-corrected chi connectivity index (χ3v) is 6.83. The number of rotatable bonds is 3. The minimum Gasteiger partial charge on any atom is -0.381 e. The Morgan fingerprint density at radius 2 is 2.16 bits per heavy atom. The SMILES string of the molecule is O=C1N=C(C[C@H]2C[C@@H]3CC[C@H]2C3)SC1[C@H]1CCOC1. The van der Waals surface area contributed by atoms with Crippen LogP contribution in [0.4, 0.5) is 0 Å². The number of fused-ring (bicyclic) bond motifs is 2. The van der Waals surface area contributed by atoms with Crippen LogP contribution in [-0.2, 0) is 9.53 Å². The lowest BCUT2D eigenvalue weighted by atomic mass is 9.87. The number of ether oxygens (including phenoxy) is 1. The molecule has 2 bridgehead atoms. The summed E-state index contributed by atoms with van der Waals surface area (Å²) in [6, 6.07) is 0. The lowest BCUT2D eigenvalue weighted by molar-refractivity contribution is -0.117. The first kappa shape index (κ1) is 12.4. The largest absolute Gasteiger partial charge is 0.381 e. The Hall–Kier alpha value is -0.350. The van der Waals surface area contributed by atoms with Gasteiger partial charge in [0, 0.05) is 12.5 Å². The molecule has 4 aliphatic rings. The molecule has 2 heterocycles. The van der Waals surface area contributed by atoms with Gasteiger partial charge in [0.25, 0.3) is 5.91 Å². The van der Waals surface area contributed by atoms with Crippen molar-refractivity contribution in [1.82, 2.24) is 0 Å². The van der Waals surface area contributed by atoms with E-state index >= 15 is 0 Å². The average Bonchev–Trinajstić information content (AvgIpc) is 3.12. The summed E-state index contributed by atoms with van der Waals surface area (Å²) in [4.78, 5) is 16.4. The van der Waals surface area contributed by atoms with E-state index in [9.17, 15) is 4.79 Å². The maximum absolute atomic E-state index is 12.0. The fraction of sp³-hybridized carbons (Fsp3) is 0.867. The molecule has 19 heavy (non-hydrogen) atoms. The van der Waals surface area contributed by atoms with E-state index in [4.69, 9.17) is 4.74 Å². The third-order valence-electron chi connectivity index (χ3n) is 5.46. The molecule has 1 amide bonds. The molecule has 1 unspecified atom stereocenters. The smallest absolute Gasteiger partial charge is 0.260 e. The van der Waals surface area contributed by atoms with Crippen molar-refractivity contribution in [2.24, 2.45) is 28.7 Å². The molecule has 5 atom stereocenters. The van der Waals surface area contributed by atoms with Crippen molar-refractivity contribution in [1.29, 1.82) is 0 Å². The Morgan fingerprint density at radius 1 is 1.21 bits per heavy atom. The Balaban J connectivity index is 1.38. The van der Waals surface area contributed by atoms with Crippen molar-refractivity contribution < 1.29 is 9.53 Å². The van der Waals surface area contributed by atoms with Crippen LogP contribution in [0.25, 0.3) is 0 Å². The number of hydrogen-bond donors (Lipinski definition) is 0. The molecule has 0 aromatic rings.